The molecule has 0 saturated carbocycles. The normalized spacial score (nSPS) is 17.3. The molecule has 27 heavy (non-hydrogen) atoms. The molecule has 2 aliphatic heterocycles. The van der Waals surface area contributed by atoms with Crippen molar-refractivity contribution in [3.63, 3.8) is 0 Å². The Morgan fingerprint density at radius 1 is 0.963 bits per heavy atom. The number of rotatable bonds is 4. The molecule has 1 aromatic carbocycles. The zero-order chi connectivity index (χ0) is 18.6. The van der Waals surface area contributed by atoms with Gasteiger partial charge in [0, 0.05) is 45.5 Å². The Morgan fingerprint density at radius 3 is 2.44 bits per heavy atom. The number of carbonyl (C=O) groups excluding carboxylic acids is 1. The summed E-state index contributed by atoms with van der Waals surface area (Å²) in [4.78, 5) is 28.1. The van der Waals surface area contributed by atoms with Crippen LogP contribution in [0.25, 0.3) is 0 Å². The molecular formula is C20H25N5O2. The quantitative estimate of drug-likeness (QED) is 0.824. The number of benzene rings is 1. The monoisotopic (exact) mass is 367 g/mol. The van der Waals surface area contributed by atoms with Crippen LogP contribution in [0.1, 0.15) is 23.3 Å². The zero-order valence-electron chi connectivity index (χ0n) is 15.7. The van der Waals surface area contributed by atoms with Gasteiger partial charge in [-0.15, -0.1) is 0 Å². The number of hydrogen-bond donors (Lipinski definition) is 0. The second-order valence-electron chi connectivity index (χ2n) is 6.89. The second-order valence-corrected chi connectivity index (χ2v) is 6.89. The first kappa shape index (κ1) is 17.6. The highest BCUT2D eigenvalue weighted by atomic mass is 16.5. The number of carbonyl (C=O) groups is 1. The lowest BCUT2D eigenvalue weighted by Gasteiger charge is -2.36. The minimum Gasteiger partial charge on any atom is -0.495 e. The van der Waals surface area contributed by atoms with Gasteiger partial charge in [-0.05, 0) is 31.0 Å². The highest BCUT2D eigenvalue weighted by Crippen LogP contribution is 2.28. The summed E-state index contributed by atoms with van der Waals surface area (Å²) < 4.78 is 5.46. The van der Waals surface area contributed by atoms with Crippen molar-refractivity contribution < 1.29 is 9.53 Å². The third-order valence-electron chi connectivity index (χ3n) is 5.24. The van der Waals surface area contributed by atoms with Crippen LogP contribution >= 0.6 is 0 Å². The van der Waals surface area contributed by atoms with E-state index in [4.69, 9.17) is 4.74 Å². The lowest BCUT2D eigenvalue weighted by atomic mass is 10.2. The van der Waals surface area contributed by atoms with Crippen LogP contribution < -0.4 is 14.5 Å². The fraction of sp³-hybridized carbons (Fsp3) is 0.450. The van der Waals surface area contributed by atoms with Gasteiger partial charge < -0.3 is 19.4 Å². The molecule has 7 nitrogen and oxygen atoms in total. The van der Waals surface area contributed by atoms with Crippen molar-refractivity contribution in [3.8, 4) is 5.75 Å². The SMILES string of the molecule is COc1ccccc1N1CCN(C(=O)c2ccnc(N3CCCC3)n2)CC1. The molecule has 2 fully saturated rings. The van der Waals surface area contributed by atoms with Gasteiger partial charge in [-0.1, -0.05) is 12.1 Å². The van der Waals surface area contributed by atoms with E-state index in [-0.39, 0.29) is 5.91 Å². The zero-order valence-corrected chi connectivity index (χ0v) is 15.7. The van der Waals surface area contributed by atoms with E-state index in [2.05, 4.69) is 25.8 Å². The van der Waals surface area contributed by atoms with Gasteiger partial charge in [-0.3, -0.25) is 4.79 Å². The van der Waals surface area contributed by atoms with Crippen LogP contribution in [0.15, 0.2) is 36.5 Å². The highest BCUT2D eigenvalue weighted by molar-refractivity contribution is 5.92. The maximum Gasteiger partial charge on any atom is 0.272 e. The van der Waals surface area contributed by atoms with E-state index >= 15 is 0 Å². The standard InChI is InChI=1S/C20H25N5O2/c1-27-18-7-3-2-6-17(18)23-12-14-24(15-13-23)19(26)16-8-9-21-20(22-16)25-10-4-5-11-25/h2-3,6-9H,4-5,10-15H2,1H3. The molecule has 7 heteroatoms. The third kappa shape index (κ3) is 3.67. The van der Waals surface area contributed by atoms with Crippen LogP contribution in [0.3, 0.4) is 0 Å². The predicted octanol–water partition coefficient (Wildman–Crippen LogP) is 2.05. The summed E-state index contributed by atoms with van der Waals surface area (Å²) >= 11 is 0. The molecule has 0 spiro atoms. The first-order chi connectivity index (χ1) is 13.3. The summed E-state index contributed by atoms with van der Waals surface area (Å²) in [6.07, 6.45) is 4.01. The van der Waals surface area contributed by atoms with Gasteiger partial charge in [0.25, 0.3) is 5.91 Å². The molecule has 3 heterocycles. The lowest BCUT2D eigenvalue weighted by Crippen LogP contribution is -2.49. The van der Waals surface area contributed by atoms with Gasteiger partial charge in [0.05, 0.1) is 12.8 Å². The van der Waals surface area contributed by atoms with Crippen molar-refractivity contribution in [2.75, 3.05) is 56.2 Å². The summed E-state index contributed by atoms with van der Waals surface area (Å²) in [5, 5.41) is 0. The average molecular weight is 367 g/mol. The molecule has 4 rings (SSSR count). The van der Waals surface area contributed by atoms with Gasteiger partial charge in [0.2, 0.25) is 5.95 Å². The minimum absolute atomic E-state index is 0.0162. The van der Waals surface area contributed by atoms with Crippen LogP contribution in [0.2, 0.25) is 0 Å². The van der Waals surface area contributed by atoms with E-state index < -0.39 is 0 Å². The van der Waals surface area contributed by atoms with Gasteiger partial charge >= 0.3 is 0 Å². The number of anilines is 2. The van der Waals surface area contributed by atoms with E-state index in [1.54, 1.807) is 19.4 Å². The molecule has 0 radical (unpaired) electrons. The Hall–Kier alpha value is -2.83. The Morgan fingerprint density at radius 2 is 1.70 bits per heavy atom. The summed E-state index contributed by atoms with van der Waals surface area (Å²) in [7, 11) is 1.69. The molecule has 0 N–H and O–H groups in total. The highest BCUT2D eigenvalue weighted by Gasteiger charge is 2.25. The Kier molecular flexibility index (Phi) is 5.09. The maximum atomic E-state index is 12.9. The van der Waals surface area contributed by atoms with Crippen molar-refractivity contribution >= 4 is 17.5 Å². The summed E-state index contributed by atoms with van der Waals surface area (Å²) in [5.74, 6) is 1.52. The molecule has 0 unspecified atom stereocenters. The van der Waals surface area contributed by atoms with Gasteiger partial charge in [0.1, 0.15) is 11.4 Å². The molecule has 0 aliphatic carbocycles. The van der Waals surface area contributed by atoms with Crippen LogP contribution in [0.5, 0.6) is 5.75 Å². The van der Waals surface area contributed by atoms with E-state index in [1.807, 2.05) is 23.1 Å². The fourth-order valence-electron chi connectivity index (χ4n) is 3.74. The van der Waals surface area contributed by atoms with E-state index in [0.29, 0.717) is 24.7 Å². The molecule has 1 amide bonds. The first-order valence-electron chi connectivity index (χ1n) is 9.51. The van der Waals surface area contributed by atoms with Crippen molar-refractivity contribution in [1.82, 2.24) is 14.9 Å². The Balaban J connectivity index is 1.42. The number of hydrogen-bond acceptors (Lipinski definition) is 6. The number of para-hydroxylation sites is 2. The summed E-state index contributed by atoms with van der Waals surface area (Å²) in [6.45, 7) is 4.82. The molecule has 2 saturated heterocycles. The average Bonchev–Trinajstić information content (AvgIpc) is 3.28. The molecule has 2 aromatic rings. The molecular weight excluding hydrogens is 342 g/mol. The number of ether oxygens (including phenoxy) is 1. The number of amides is 1. The topological polar surface area (TPSA) is 61.8 Å². The van der Waals surface area contributed by atoms with E-state index in [0.717, 1.165) is 50.5 Å². The van der Waals surface area contributed by atoms with Gasteiger partial charge in [-0.2, -0.15) is 0 Å². The van der Waals surface area contributed by atoms with Crippen molar-refractivity contribution in [1.29, 1.82) is 0 Å². The van der Waals surface area contributed by atoms with Crippen LogP contribution in [-0.2, 0) is 0 Å². The number of aromatic nitrogens is 2. The molecule has 1 aromatic heterocycles. The van der Waals surface area contributed by atoms with Gasteiger partial charge in [0.15, 0.2) is 0 Å². The molecule has 142 valence electrons. The summed E-state index contributed by atoms with van der Waals surface area (Å²) in [6, 6.07) is 9.72. The van der Waals surface area contributed by atoms with Gasteiger partial charge in [-0.25, -0.2) is 9.97 Å². The van der Waals surface area contributed by atoms with Crippen molar-refractivity contribution in [3.05, 3.63) is 42.2 Å². The number of methoxy groups -OCH3 is 1. The summed E-state index contributed by atoms with van der Waals surface area (Å²) in [5.41, 5.74) is 1.56. The largest absolute Gasteiger partial charge is 0.495 e. The minimum atomic E-state index is -0.0162. The lowest BCUT2D eigenvalue weighted by molar-refractivity contribution is 0.0740. The van der Waals surface area contributed by atoms with Crippen LogP contribution in [-0.4, -0.2) is 67.2 Å². The number of nitrogens with zero attached hydrogens (tertiary/aromatic N) is 5. The molecule has 2 aliphatic rings. The predicted molar refractivity (Wildman–Crippen MR) is 105 cm³/mol. The van der Waals surface area contributed by atoms with Crippen LogP contribution in [0.4, 0.5) is 11.6 Å². The van der Waals surface area contributed by atoms with Crippen molar-refractivity contribution in [2.45, 2.75) is 12.8 Å². The Labute approximate surface area is 159 Å². The fourth-order valence-corrected chi connectivity index (χ4v) is 3.74. The number of piperazine rings is 1. The second kappa shape index (κ2) is 7.82. The van der Waals surface area contributed by atoms with Crippen molar-refractivity contribution in [2.24, 2.45) is 0 Å². The smallest absolute Gasteiger partial charge is 0.272 e. The van der Waals surface area contributed by atoms with E-state index in [9.17, 15) is 4.79 Å². The first-order valence-corrected chi connectivity index (χ1v) is 9.51. The van der Waals surface area contributed by atoms with Crippen LogP contribution in [0, 0.1) is 0 Å². The van der Waals surface area contributed by atoms with E-state index in [1.165, 1.54) is 0 Å². The molecule has 0 bridgehead atoms. The third-order valence-corrected chi connectivity index (χ3v) is 5.24. The molecule has 0 atom stereocenters. The Bertz CT molecular complexity index is 798. The maximum absolute atomic E-state index is 12.9.